The third-order valence-electron chi connectivity index (χ3n) is 2.85. The van der Waals surface area contributed by atoms with Crippen LogP contribution in [0.4, 0.5) is 0 Å². The summed E-state index contributed by atoms with van der Waals surface area (Å²) in [6.45, 7) is 9.08. The Hall–Kier alpha value is -0.770. The smallest absolute Gasteiger partial charge is 0.138 e. The second-order valence-corrected chi connectivity index (χ2v) is 4.82. The normalized spacial score (nSPS) is 12.4. The van der Waals surface area contributed by atoms with Gasteiger partial charge in [-0.3, -0.25) is 0 Å². The molecule has 0 amide bonds. The van der Waals surface area contributed by atoms with Crippen LogP contribution < -0.4 is 10.1 Å². The number of hydrogen-bond acceptors (Lipinski definition) is 3. The lowest BCUT2D eigenvalue weighted by Gasteiger charge is -2.15. The van der Waals surface area contributed by atoms with E-state index in [4.69, 9.17) is 21.1 Å². The van der Waals surface area contributed by atoms with Gasteiger partial charge >= 0.3 is 0 Å². The molecule has 0 heterocycles. The van der Waals surface area contributed by atoms with Crippen LogP contribution >= 0.6 is 11.6 Å². The number of rotatable bonds is 9. The van der Waals surface area contributed by atoms with Gasteiger partial charge in [0.15, 0.2) is 0 Å². The highest BCUT2D eigenvalue weighted by Crippen LogP contribution is 2.27. The zero-order valence-corrected chi connectivity index (χ0v) is 12.8. The molecule has 108 valence electrons. The maximum Gasteiger partial charge on any atom is 0.138 e. The van der Waals surface area contributed by atoms with Crippen molar-refractivity contribution >= 4 is 11.6 Å². The highest BCUT2D eigenvalue weighted by Gasteiger charge is 2.08. The van der Waals surface area contributed by atoms with E-state index in [9.17, 15) is 0 Å². The Morgan fingerprint density at radius 1 is 1.26 bits per heavy atom. The molecular weight excluding hydrogens is 262 g/mol. The van der Waals surface area contributed by atoms with E-state index < -0.39 is 0 Å². The molecular formula is C15H24ClNO2. The molecule has 1 aromatic rings. The molecule has 19 heavy (non-hydrogen) atoms. The Labute approximate surface area is 121 Å². The van der Waals surface area contributed by atoms with Crippen molar-refractivity contribution < 1.29 is 9.47 Å². The van der Waals surface area contributed by atoms with Gasteiger partial charge in [0.2, 0.25) is 0 Å². The molecule has 1 N–H and O–H groups in total. The van der Waals surface area contributed by atoms with E-state index in [2.05, 4.69) is 25.2 Å². The zero-order chi connectivity index (χ0) is 14.1. The monoisotopic (exact) mass is 285 g/mol. The quantitative estimate of drug-likeness (QED) is 0.700. The van der Waals surface area contributed by atoms with Crippen LogP contribution in [0.15, 0.2) is 18.2 Å². The molecule has 0 saturated carbocycles. The van der Waals surface area contributed by atoms with Crippen molar-refractivity contribution in [2.24, 2.45) is 0 Å². The number of halogens is 1. The average Bonchev–Trinajstić information content (AvgIpc) is 2.42. The first-order valence-corrected chi connectivity index (χ1v) is 7.30. The molecule has 0 saturated heterocycles. The van der Waals surface area contributed by atoms with Crippen LogP contribution in [0.5, 0.6) is 5.75 Å². The highest BCUT2D eigenvalue weighted by molar-refractivity contribution is 6.32. The summed E-state index contributed by atoms with van der Waals surface area (Å²) in [5.41, 5.74) is 1.18. The van der Waals surface area contributed by atoms with Crippen LogP contribution in [-0.2, 0) is 4.74 Å². The van der Waals surface area contributed by atoms with Crippen molar-refractivity contribution in [3.63, 3.8) is 0 Å². The minimum absolute atomic E-state index is 0.301. The van der Waals surface area contributed by atoms with E-state index in [0.29, 0.717) is 36.6 Å². The molecule has 0 aliphatic rings. The number of benzene rings is 1. The van der Waals surface area contributed by atoms with Gasteiger partial charge in [0.05, 0.1) is 11.6 Å². The van der Waals surface area contributed by atoms with E-state index >= 15 is 0 Å². The first-order valence-electron chi connectivity index (χ1n) is 6.92. The molecule has 0 aliphatic heterocycles. The molecule has 3 nitrogen and oxygen atoms in total. The van der Waals surface area contributed by atoms with Gasteiger partial charge < -0.3 is 14.8 Å². The number of nitrogens with one attached hydrogen (secondary N) is 1. The van der Waals surface area contributed by atoms with Gasteiger partial charge in [0.1, 0.15) is 12.4 Å². The Morgan fingerprint density at radius 3 is 2.68 bits per heavy atom. The minimum Gasteiger partial charge on any atom is -0.490 e. The van der Waals surface area contributed by atoms with Crippen molar-refractivity contribution in [1.29, 1.82) is 0 Å². The molecule has 1 atom stereocenters. The second-order valence-electron chi connectivity index (χ2n) is 4.41. The summed E-state index contributed by atoms with van der Waals surface area (Å²) in [7, 11) is 0. The fourth-order valence-corrected chi connectivity index (χ4v) is 1.98. The maximum atomic E-state index is 6.23. The highest BCUT2D eigenvalue weighted by atomic mass is 35.5. The van der Waals surface area contributed by atoms with Crippen molar-refractivity contribution in [3.8, 4) is 5.75 Å². The largest absolute Gasteiger partial charge is 0.490 e. The maximum absolute atomic E-state index is 6.23. The van der Waals surface area contributed by atoms with Crippen LogP contribution in [0.1, 0.15) is 38.8 Å². The summed E-state index contributed by atoms with van der Waals surface area (Å²) in [6.07, 6.45) is 1.12. The van der Waals surface area contributed by atoms with Crippen LogP contribution in [0.2, 0.25) is 5.02 Å². The van der Waals surface area contributed by atoms with Gasteiger partial charge in [-0.15, -0.1) is 0 Å². The predicted molar refractivity (Wildman–Crippen MR) is 80.1 cm³/mol. The summed E-state index contributed by atoms with van der Waals surface area (Å²) < 4.78 is 10.8. The molecule has 0 aromatic heterocycles. The Morgan fingerprint density at radius 2 is 2.05 bits per heavy atom. The summed E-state index contributed by atoms with van der Waals surface area (Å²) in [5.74, 6) is 0.716. The summed E-state index contributed by atoms with van der Waals surface area (Å²) in [6, 6.07) is 6.24. The van der Waals surface area contributed by atoms with Crippen LogP contribution in [0.3, 0.4) is 0 Å². The minimum atomic E-state index is 0.301. The average molecular weight is 286 g/mol. The SMILES string of the molecule is CCCNC(C)c1ccc(OCCOCC)c(Cl)c1. The molecule has 1 unspecified atom stereocenters. The molecule has 4 heteroatoms. The fourth-order valence-electron chi connectivity index (χ4n) is 1.74. The van der Waals surface area contributed by atoms with Gasteiger partial charge in [-0.1, -0.05) is 24.6 Å². The van der Waals surface area contributed by atoms with Gasteiger partial charge in [0.25, 0.3) is 0 Å². The van der Waals surface area contributed by atoms with Crippen LogP contribution in [-0.4, -0.2) is 26.4 Å². The van der Waals surface area contributed by atoms with Crippen LogP contribution in [0.25, 0.3) is 0 Å². The van der Waals surface area contributed by atoms with Crippen molar-refractivity contribution in [2.45, 2.75) is 33.2 Å². The van der Waals surface area contributed by atoms with E-state index in [1.807, 2.05) is 19.1 Å². The van der Waals surface area contributed by atoms with Gasteiger partial charge in [0, 0.05) is 12.6 Å². The lowest BCUT2D eigenvalue weighted by atomic mass is 10.1. The zero-order valence-electron chi connectivity index (χ0n) is 12.0. The fraction of sp³-hybridized carbons (Fsp3) is 0.600. The van der Waals surface area contributed by atoms with Crippen LogP contribution in [0, 0.1) is 0 Å². The van der Waals surface area contributed by atoms with E-state index in [0.717, 1.165) is 13.0 Å². The first kappa shape index (κ1) is 16.3. The third kappa shape index (κ3) is 5.81. The van der Waals surface area contributed by atoms with Crippen molar-refractivity contribution in [1.82, 2.24) is 5.32 Å². The molecule has 0 bridgehead atoms. The summed E-state index contributed by atoms with van der Waals surface area (Å²) >= 11 is 6.23. The Bertz CT molecular complexity index is 371. The van der Waals surface area contributed by atoms with Crippen molar-refractivity contribution in [2.75, 3.05) is 26.4 Å². The lowest BCUT2D eigenvalue weighted by Crippen LogP contribution is -2.19. The summed E-state index contributed by atoms with van der Waals surface area (Å²) in [5, 5.41) is 4.09. The number of hydrogen-bond donors (Lipinski definition) is 1. The molecule has 1 rings (SSSR count). The van der Waals surface area contributed by atoms with Gasteiger partial charge in [-0.25, -0.2) is 0 Å². The molecule has 0 radical (unpaired) electrons. The molecule has 1 aromatic carbocycles. The van der Waals surface area contributed by atoms with Crippen molar-refractivity contribution in [3.05, 3.63) is 28.8 Å². The third-order valence-corrected chi connectivity index (χ3v) is 3.14. The molecule has 0 aliphatic carbocycles. The lowest BCUT2D eigenvalue weighted by molar-refractivity contribution is 0.110. The standard InChI is InChI=1S/C15H24ClNO2/c1-4-8-17-12(3)13-6-7-15(14(16)11-13)19-10-9-18-5-2/h6-7,11-12,17H,4-5,8-10H2,1-3H3. The second kappa shape index (κ2) is 9.18. The topological polar surface area (TPSA) is 30.5 Å². The van der Waals surface area contributed by atoms with Gasteiger partial charge in [-0.2, -0.15) is 0 Å². The first-order chi connectivity index (χ1) is 9.19. The number of ether oxygens (including phenoxy) is 2. The van der Waals surface area contributed by atoms with E-state index in [1.54, 1.807) is 0 Å². The Balaban J connectivity index is 2.53. The molecule has 0 spiro atoms. The predicted octanol–water partition coefficient (Wildman–Crippen LogP) is 3.82. The Kier molecular flexibility index (Phi) is 7.87. The summed E-state index contributed by atoms with van der Waals surface area (Å²) in [4.78, 5) is 0. The van der Waals surface area contributed by atoms with Gasteiger partial charge in [-0.05, 0) is 44.5 Å². The molecule has 0 fully saturated rings. The van der Waals surface area contributed by atoms with E-state index in [1.165, 1.54) is 5.56 Å². The van der Waals surface area contributed by atoms with E-state index in [-0.39, 0.29) is 0 Å².